The molecule has 0 saturated carbocycles. The highest BCUT2D eigenvalue weighted by molar-refractivity contribution is 9.10. The number of carboxylic acid groups (broad SMARTS) is 1. The molecule has 0 radical (unpaired) electrons. The van der Waals surface area contributed by atoms with Crippen LogP contribution >= 0.6 is 15.9 Å². The molecule has 2 amide bonds. The predicted molar refractivity (Wildman–Crippen MR) is 108 cm³/mol. The monoisotopic (exact) mass is 431 g/mol. The van der Waals surface area contributed by atoms with Gasteiger partial charge in [0.25, 0.3) is 5.91 Å². The summed E-state index contributed by atoms with van der Waals surface area (Å²) in [4.78, 5) is 25.0. The lowest BCUT2D eigenvalue weighted by Crippen LogP contribution is -2.56. The molecule has 1 fully saturated rings. The van der Waals surface area contributed by atoms with Gasteiger partial charge in [0.05, 0.1) is 12.1 Å². The van der Waals surface area contributed by atoms with Crippen LogP contribution in [0, 0.1) is 6.92 Å². The molecule has 6 nitrogen and oxygen atoms in total. The van der Waals surface area contributed by atoms with E-state index in [-0.39, 0.29) is 18.0 Å². The molecule has 1 atom stereocenters. The fourth-order valence-corrected chi connectivity index (χ4v) is 3.47. The molecule has 0 spiro atoms. The zero-order chi connectivity index (χ0) is 19.6. The van der Waals surface area contributed by atoms with Gasteiger partial charge in [-0.25, -0.2) is 4.79 Å². The first-order valence-electron chi connectivity index (χ1n) is 8.75. The number of likely N-dealkylation sites (tertiary alicyclic amines) is 1. The van der Waals surface area contributed by atoms with Gasteiger partial charge in [-0.05, 0) is 49.2 Å². The Balaban J connectivity index is 1.66. The number of aryl methyl sites for hydroxylation is 1. The lowest BCUT2D eigenvalue weighted by molar-refractivity contribution is 0.0939. The van der Waals surface area contributed by atoms with Gasteiger partial charge >= 0.3 is 6.09 Å². The molecule has 0 aliphatic carbocycles. The van der Waals surface area contributed by atoms with Crippen LogP contribution in [0.2, 0.25) is 0 Å². The van der Waals surface area contributed by atoms with Crippen molar-refractivity contribution in [2.24, 2.45) is 0 Å². The molecule has 3 N–H and O–H groups in total. The van der Waals surface area contributed by atoms with E-state index in [2.05, 4.69) is 26.6 Å². The minimum Gasteiger partial charge on any atom is -0.465 e. The van der Waals surface area contributed by atoms with E-state index in [1.807, 2.05) is 56.3 Å². The second-order valence-electron chi connectivity index (χ2n) is 6.81. The van der Waals surface area contributed by atoms with Crippen LogP contribution in [0.1, 0.15) is 34.5 Å². The maximum Gasteiger partial charge on any atom is 0.407 e. The Hall–Kier alpha value is -2.54. The molecule has 1 unspecified atom stereocenters. The first kappa shape index (κ1) is 19.2. The van der Waals surface area contributed by atoms with Crippen LogP contribution in [-0.4, -0.2) is 41.1 Å². The molecule has 1 saturated heterocycles. The number of carbonyl (C=O) groups is 2. The zero-order valence-corrected chi connectivity index (χ0v) is 16.8. The molecule has 2 aromatic rings. The Morgan fingerprint density at radius 1 is 1.22 bits per heavy atom. The van der Waals surface area contributed by atoms with Crippen LogP contribution in [-0.2, 0) is 0 Å². The first-order chi connectivity index (χ1) is 12.8. The summed E-state index contributed by atoms with van der Waals surface area (Å²) < 4.78 is 0.972. The number of nitrogens with one attached hydrogen (secondary N) is 2. The summed E-state index contributed by atoms with van der Waals surface area (Å²) in [7, 11) is 0. The van der Waals surface area contributed by atoms with Gasteiger partial charge in [-0.3, -0.25) is 4.79 Å². The molecule has 2 aromatic carbocycles. The highest BCUT2D eigenvalue weighted by atomic mass is 79.9. The van der Waals surface area contributed by atoms with Crippen LogP contribution in [0.3, 0.4) is 0 Å². The van der Waals surface area contributed by atoms with Crippen molar-refractivity contribution in [3.63, 3.8) is 0 Å². The second-order valence-corrected chi connectivity index (χ2v) is 7.72. The van der Waals surface area contributed by atoms with Crippen LogP contribution in [0.25, 0.3) is 0 Å². The number of anilines is 1. The van der Waals surface area contributed by atoms with Gasteiger partial charge in [0.2, 0.25) is 0 Å². The summed E-state index contributed by atoms with van der Waals surface area (Å²) >= 11 is 3.45. The van der Waals surface area contributed by atoms with E-state index in [1.54, 1.807) is 0 Å². The van der Waals surface area contributed by atoms with Gasteiger partial charge in [0.1, 0.15) is 0 Å². The van der Waals surface area contributed by atoms with Crippen molar-refractivity contribution in [2.45, 2.75) is 25.9 Å². The number of hydrogen-bond donors (Lipinski definition) is 3. The topological polar surface area (TPSA) is 81.7 Å². The van der Waals surface area contributed by atoms with Crippen molar-refractivity contribution in [3.8, 4) is 0 Å². The fourth-order valence-electron chi connectivity index (χ4n) is 3.05. The van der Waals surface area contributed by atoms with E-state index in [0.29, 0.717) is 18.7 Å². The first-order valence-corrected chi connectivity index (χ1v) is 9.54. The minimum absolute atomic E-state index is 0.0697. The number of benzene rings is 2. The minimum atomic E-state index is -0.904. The summed E-state index contributed by atoms with van der Waals surface area (Å²) in [6.07, 6.45) is -0.904. The van der Waals surface area contributed by atoms with Crippen molar-refractivity contribution < 1.29 is 14.7 Å². The fraction of sp³-hybridized carbons (Fsp3) is 0.300. The van der Waals surface area contributed by atoms with Crippen LogP contribution < -0.4 is 10.6 Å². The van der Waals surface area contributed by atoms with Crippen LogP contribution in [0.15, 0.2) is 46.9 Å². The molecule has 1 aliphatic heterocycles. The summed E-state index contributed by atoms with van der Waals surface area (Å²) in [5.74, 6) is -0.135. The lowest BCUT2D eigenvalue weighted by atomic mass is 10.0. The normalized spacial score (nSPS) is 15.0. The van der Waals surface area contributed by atoms with E-state index in [1.165, 1.54) is 4.90 Å². The van der Waals surface area contributed by atoms with Crippen molar-refractivity contribution in [1.82, 2.24) is 10.2 Å². The number of nitrogens with zero attached hydrogens (tertiary/aromatic N) is 1. The molecule has 0 bridgehead atoms. The van der Waals surface area contributed by atoms with Gasteiger partial charge in [-0.1, -0.05) is 34.1 Å². The highest BCUT2D eigenvalue weighted by Crippen LogP contribution is 2.22. The Bertz CT molecular complexity index is 865. The summed E-state index contributed by atoms with van der Waals surface area (Å²) in [6, 6.07) is 13.4. The molecule has 7 heteroatoms. The molecule has 142 valence electrons. The molecule has 3 rings (SSSR count). The third-order valence-corrected chi connectivity index (χ3v) is 5.19. The summed E-state index contributed by atoms with van der Waals surface area (Å²) in [5.41, 5.74) is 3.33. The van der Waals surface area contributed by atoms with E-state index in [0.717, 1.165) is 21.3 Å². The number of rotatable bonds is 5. The number of carbonyl (C=O) groups excluding carboxylic acids is 1. The van der Waals surface area contributed by atoms with Gasteiger partial charge in [0, 0.05) is 28.8 Å². The lowest BCUT2D eigenvalue weighted by Gasteiger charge is -2.38. The van der Waals surface area contributed by atoms with Crippen molar-refractivity contribution in [3.05, 3.63) is 63.6 Å². The van der Waals surface area contributed by atoms with Gasteiger partial charge in [0.15, 0.2) is 0 Å². The average Bonchev–Trinajstić information content (AvgIpc) is 2.58. The number of hydrogen-bond acceptors (Lipinski definition) is 3. The van der Waals surface area contributed by atoms with E-state index >= 15 is 0 Å². The van der Waals surface area contributed by atoms with E-state index in [9.17, 15) is 9.59 Å². The quantitative estimate of drug-likeness (QED) is 0.667. The molecule has 1 aliphatic rings. The van der Waals surface area contributed by atoms with Gasteiger partial charge in [-0.2, -0.15) is 0 Å². The Morgan fingerprint density at radius 2 is 1.96 bits per heavy atom. The maximum atomic E-state index is 12.8. The number of halogens is 1. The van der Waals surface area contributed by atoms with Crippen LogP contribution in [0.4, 0.5) is 10.5 Å². The maximum absolute atomic E-state index is 12.8. The van der Waals surface area contributed by atoms with Crippen molar-refractivity contribution in [2.75, 3.05) is 18.4 Å². The summed E-state index contributed by atoms with van der Waals surface area (Å²) in [5, 5.41) is 15.2. The molecular weight excluding hydrogens is 410 g/mol. The molecule has 27 heavy (non-hydrogen) atoms. The molecule has 1 heterocycles. The molecule has 0 aromatic heterocycles. The third kappa shape index (κ3) is 4.60. The van der Waals surface area contributed by atoms with Crippen molar-refractivity contribution >= 4 is 33.6 Å². The summed E-state index contributed by atoms with van der Waals surface area (Å²) in [6.45, 7) is 4.75. The SMILES string of the molecule is Cc1ccc(NC2CN(C(=O)O)C2)cc1C(=O)NC(C)c1cccc(Br)c1. The Morgan fingerprint density at radius 3 is 2.63 bits per heavy atom. The standard InChI is InChI=1S/C20H22BrN3O3/c1-12-6-7-16(23-17-10-24(11-17)20(26)27)9-18(12)19(25)22-13(2)14-4-3-5-15(21)8-14/h3-9,13,17,23H,10-11H2,1-2H3,(H,22,25)(H,26,27). The van der Waals surface area contributed by atoms with Gasteiger partial charge in [-0.15, -0.1) is 0 Å². The number of amides is 2. The van der Waals surface area contributed by atoms with E-state index in [4.69, 9.17) is 5.11 Å². The van der Waals surface area contributed by atoms with Gasteiger partial charge < -0.3 is 20.6 Å². The predicted octanol–water partition coefficient (Wildman–Crippen LogP) is 4.02. The Labute approximate surface area is 166 Å². The van der Waals surface area contributed by atoms with Crippen LogP contribution in [0.5, 0.6) is 0 Å². The van der Waals surface area contributed by atoms with Crippen molar-refractivity contribution in [1.29, 1.82) is 0 Å². The third-order valence-electron chi connectivity index (χ3n) is 4.70. The Kier molecular flexibility index (Phi) is 5.70. The largest absolute Gasteiger partial charge is 0.465 e. The highest BCUT2D eigenvalue weighted by Gasteiger charge is 2.30. The second kappa shape index (κ2) is 8.00. The molecular formula is C20H22BrN3O3. The smallest absolute Gasteiger partial charge is 0.407 e. The average molecular weight is 432 g/mol. The zero-order valence-electron chi connectivity index (χ0n) is 15.2. The van der Waals surface area contributed by atoms with E-state index < -0.39 is 6.09 Å².